The second-order valence-corrected chi connectivity index (χ2v) is 17.0. The fourth-order valence-electron chi connectivity index (χ4n) is 9.89. The summed E-state index contributed by atoms with van der Waals surface area (Å²) in [5.74, 6) is 0.587. The number of aromatic nitrogens is 4. The number of hydrogen-bond acceptors (Lipinski definition) is 3. The van der Waals surface area contributed by atoms with E-state index in [-0.39, 0.29) is 0 Å². The molecule has 0 spiro atoms. The van der Waals surface area contributed by atoms with Crippen molar-refractivity contribution in [1.29, 1.82) is 5.26 Å². The van der Waals surface area contributed by atoms with Crippen LogP contribution >= 0.6 is 0 Å². The Kier molecular flexibility index (Phi) is 9.25. The van der Waals surface area contributed by atoms with E-state index in [9.17, 15) is 5.26 Å². The van der Waals surface area contributed by atoms with Crippen LogP contribution in [0.3, 0.4) is 0 Å². The molecule has 0 amide bonds. The van der Waals surface area contributed by atoms with Crippen molar-refractivity contribution < 1.29 is 0 Å². The number of rotatable bonds is 7. The van der Waals surface area contributed by atoms with Crippen molar-refractivity contribution >= 4 is 43.6 Å². The highest BCUT2D eigenvalue weighted by Gasteiger charge is 2.26. The van der Waals surface area contributed by atoms with Crippen LogP contribution in [0.4, 0.5) is 0 Å². The van der Waals surface area contributed by atoms with Gasteiger partial charge in [-0.3, -0.25) is 0 Å². The molecule has 9 aromatic carbocycles. The Bertz CT molecular complexity index is 3440. The van der Waals surface area contributed by atoms with Gasteiger partial charge in [0.15, 0.2) is 5.82 Å². The summed E-state index contributed by atoms with van der Waals surface area (Å²) < 4.78 is 4.70. The van der Waals surface area contributed by atoms with Gasteiger partial charge in [0, 0.05) is 32.9 Å². The zero-order valence-electron chi connectivity index (χ0n) is 36.4. The van der Waals surface area contributed by atoms with Gasteiger partial charge in [-0.1, -0.05) is 170 Å². The van der Waals surface area contributed by atoms with E-state index in [0.29, 0.717) is 11.4 Å². The topological polar surface area (TPSA) is 59.4 Å². The van der Waals surface area contributed by atoms with Crippen LogP contribution in [0.2, 0.25) is 0 Å². The van der Waals surface area contributed by atoms with Crippen LogP contribution < -0.4 is 0 Å². The second kappa shape index (κ2) is 15.7. The first-order valence-corrected chi connectivity index (χ1v) is 22.3. The number of nitrogens with zero attached hydrogens (tertiary/aromatic N) is 5. The zero-order chi connectivity index (χ0) is 44.3. The van der Waals surface area contributed by atoms with E-state index < -0.39 is 0 Å². The SMILES string of the molecule is Cc1cc(C)nc(-c2c(-n3c4cc(-c5ccccc5)ccc4c4ccc(-c5ccccc5)cc43)cc(C#N)cc2-n2c3cc(-c4ccccc4)ccc3c3ccc(-c4ccccc4)cc32)n1. The van der Waals surface area contributed by atoms with Gasteiger partial charge in [-0.2, -0.15) is 5.26 Å². The molecule has 66 heavy (non-hydrogen) atoms. The Morgan fingerprint density at radius 1 is 0.348 bits per heavy atom. The monoisotopic (exact) mass is 843 g/mol. The maximum absolute atomic E-state index is 11.2. The minimum atomic E-state index is 0.523. The minimum Gasteiger partial charge on any atom is -0.308 e. The Labute approximate surface area is 382 Å². The predicted molar refractivity (Wildman–Crippen MR) is 272 cm³/mol. The lowest BCUT2D eigenvalue weighted by atomic mass is 10.0. The van der Waals surface area contributed by atoms with Gasteiger partial charge < -0.3 is 9.13 Å². The van der Waals surface area contributed by atoms with E-state index in [0.717, 1.165) is 116 Å². The van der Waals surface area contributed by atoms with Gasteiger partial charge in [0.1, 0.15) is 0 Å². The lowest BCUT2D eigenvalue weighted by Gasteiger charge is -2.21. The summed E-state index contributed by atoms with van der Waals surface area (Å²) in [7, 11) is 0. The Morgan fingerprint density at radius 2 is 0.652 bits per heavy atom. The van der Waals surface area contributed by atoms with E-state index in [1.54, 1.807) is 0 Å². The summed E-state index contributed by atoms with van der Waals surface area (Å²) in [5, 5.41) is 15.6. The van der Waals surface area contributed by atoms with E-state index in [2.05, 4.69) is 209 Å². The third kappa shape index (κ3) is 6.55. The fourth-order valence-corrected chi connectivity index (χ4v) is 9.89. The first-order chi connectivity index (χ1) is 32.5. The largest absolute Gasteiger partial charge is 0.308 e. The molecule has 0 unspecified atom stereocenters. The maximum atomic E-state index is 11.2. The molecule has 0 atom stereocenters. The average Bonchev–Trinajstić information content (AvgIpc) is 3.87. The molecule has 5 nitrogen and oxygen atoms in total. The van der Waals surface area contributed by atoms with Crippen molar-refractivity contribution in [2.24, 2.45) is 0 Å². The van der Waals surface area contributed by atoms with Crippen molar-refractivity contribution in [3.8, 4) is 73.3 Å². The van der Waals surface area contributed by atoms with Crippen LogP contribution in [-0.4, -0.2) is 19.1 Å². The highest BCUT2D eigenvalue weighted by molar-refractivity contribution is 6.14. The molecule has 12 rings (SSSR count). The first kappa shape index (κ1) is 38.8. The second-order valence-electron chi connectivity index (χ2n) is 17.0. The van der Waals surface area contributed by atoms with Crippen molar-refractivity contribution in [1.82, 2.24) is 19.1 Å². The number of aryl methyl sites for hydroxylation is 2. The molecule has 0 aliphatic heterocycles. The van der Waals surface area contributed by atoms with Crippen LogP contribution in [0.5, 0.6) is 0 Å². The van der Waals surface area contributed by atoms with Crippen LogP contribution in [0, 0.1) is 25.2 Å². The molecule has 3 heterocycles. The lowest BCUT2D eigenvalue weighted by molar-refractivity contribution is 1.04. The molecule has 3 aromatic heterocycles. The molecule has 0 N–H and O–H groups in total. The zero-order valence-corrected chi connectivity index (χ0v) is 36.4. The maximum Gasteiger partial charge on any atom is 0.163 e. The summed E-state index contributed by atoms with van der Waals surface area (Å²) >= 11 is 0. The van der Waals surface area contributed by atoms with Gasteiger partial charge in [-0.25, -0.2) is 9.97 Å². The molecular formula is C61H41N5. The van der Waals surface area contributed by atoms with Crippen molar-refractivity contribution in [3.05, 3.63) is 229 Å². The average molecular weight is 844 g/mol. The van der Waals surface area contributed by atoms with E-state index in [4.69, 9.17) is 9.97 Å². The number of benzene rings is 9. The molecule has 5 heteroatoms. The predicted octanol–water partition coefficient (Wildman–Crippen LogP) is 15.5. The van der Waals surface area contributed by atoms with E-state index in [1.807, 2.05) is 32.0 Å². The molecule has 0 bridgehead atoms. The number of hydrogen-bond donors (Lipinski definition) is 0. The highest BCUT2D eigenvalue weighted by atomic mass is 15.0. The minimum absolute atomic E-state index is 0.523. The van der Waals surface area contributed by atoms with Crippen LogP contribution in [0.1, 0.15) is 17.0 Å². The van der Waals surface area contributed by atoms with E-state index >= 15 is 0 Å². The molecule has 0 saturated carbocycles. The smallest absolute Gasteiger partial charge is 0.163 e. The van der Waals surface area contributed by atoms with Gasteiger partial charge >= 0.3 is 0 Å². The molecule has 0 aliphatic carbocycles. The third-order valence-electron chi connectivity index (χ3n) is 12.9. The summed E-state index contributed by atoms with van der Waals surface area (Å²) in [4.78, 5) is 10.5. The third-order valence-corrected chi connectivity index (χ3v) is 12.9. The first-order valence-electron chi connectivity index (χ1n) is 22.3. The summed E-state index contributed by atoms with van der Waals surface area (Å²) in [5.41, 5.74) is 17.7. The lowest BCUT2D eigenvalue weighted by Crippen LogP contribution is -2.08. The van der Waals surface area contributed by atoms with Crippen molar-refractivity contribution in [3.63, 3.8) is 0 Å². The summed E-state index contributed by atoms with van der Waals surface area (Å²) in [6.07, 6.45) is 0. The molecule has 310 valence electrons. The summed E-state index contributed by atoms with van der Waals surface area (Å²) in [6.45, 7) is 4.05. The van der Waals surface area contributed by atoms with Crippen molar-refractivity contribution in [2.45, 2.75) is 13.8 Å². The fraction of sp³-hybridized carbons (Fsp3) is 0.0328. The van der Waals surface area contributed by atoms with Gasteiger partial charge in [-0.05, 0) is 101 Å². The molecule has 0 saturated heterocycles. The quantitative estimate of drug-likeness (QED) is 0.161. The summed E-state index contributed by atoms with van der Waals surface area (Å²) in [6, 6.07) is 77.7. The number of fused-ring (bicyclic) bond motifs is 6. The normalized spacial score (nSPS) is 11.5. The standard InChI is InChI=1S/C61H41N5/c1-39-31-40(2)64-61(63-39)60-58(65-54-34-46(42-15-7-3-8-16-42)23-27-50(54)51-28-24-47(35-55(51)65)43-17-9-4-10-18-43)32-41(38-62)33-59(60)66-56-36-48(44-19-11-5-12-20-44)25-29-52(56)53-30-26-49(37-57(53)66)45-21-13-6-14-22-45/h3-37H,1-2H3. The Morgan fingerprint density at radius 3 is 0.939 bits per heavy atom. The van der Waals surface area contributed by atoms with Crippen molar-refractivity contribution in [2.75, 3.05) is 0 Å². The molecule has 0 fully saturated rings. The highest BCUT2D eigenvalue weighted by Crippen LogP contribution is 2.44. The van der Waals surface area contributed by atoms with E-state index in [1.165, 1.54) is 0 Å². The Balaban J connectivity index is 1.26. The molecule has 0 radical (unpaired) electrons. The Hall–Kier alpha value is -8.85. The van der Waals surface area contributed by atoms with Gasteiger partial charge in [0.05, 0.1) is 50.6 Å². The van der Waals surface area contributed by atoms with Crippen LogP contribution in [-0.2, 0) is 0 Å². The molecular weight excluding hydrogens is 803 g/mol. The van der Waals surface area contributed by atoms with Gasteiger partial charge in [-0.15, -0.1) is 0 Å². The molecule has 0 aliphatic rings. The van der Waals surface area contributed by atoms with Gasteiger partial charge in [0.25, 0.3) is 0 Å². The number of nitriles is 1. The van der Waals surface area contributed by atoms with Crippen LogP contribution in [0.15, 0.2) is 212 Å². The molecule has 12 aromatic rings. The van der Waals surface area contributed by atoms with Gasteiger partial charge in [0.2, 0.25) is 0 Å². The van der Waals surface area contributed by atoms with Crippen LogP contribution in [0.25, 0.3) is 111 Å².